The van der Waals surface area contributed by atoms with Crippen molar-refractivity contribution in [3.05, 3.63) is 68.9 Å². The molecule has 0 radical (unpaired) electrons. The number of imidazole rings is 1. The van der Waals surface area contributed by atoms with Gasteiger partial charge in [-0.2, -0.15) is 4.98 Å². The fraction of sp³-hybridized carbons (Fsp3) is 0.318. The molecule has 0 spiro atoms. The molecule has 4 aromatic rings. The van der Waals surface area contributed by atoms with Crippen molar-refractivity contribution in [1.29, 1.82) is 0 Å². The molecular weight excluding hydrogens is 380 g/mol. The maximum absolute atomic E-state index is 13.0. The highest BCUT2D eigenvalue weighted by Gasteiger charge is 2.20. The van der Waals surface area contributed by atoms with Crippen LogP contribution in [0.1, 0.15) is 5.56 Å². The van der Waals surface area contributed by atoms with Crippen LogP contribution >= 0.6 is 0 Å². The SMILES string of the molecule is Cn1c(=O)c2c(nc(NCC[NH+](C)C)n2Cc2cccc3ccccc23)n(C)c1=O. The summed E-state index contributed by atoms with van der Waals surface area (Å²) in [6.45, 7) is 2.08. The van der Waals surface area contributed by atoms with Crippen LogP contribution in [0.2, 0.25) is 0 Å². The highest BCUT2D eigenvalue weighted by atomic mass is 16.2. The number of aromatic nitrogens is 4. The third kappa shape index (κ3) is 3.39. The number of rotatable bonds is 6. The minimum absolute atomic E-state index is 0.341. The molecule has 0 unspecified atom stereocenters. The van der Waals surface area contributed by atoms with Gasteiger partial charge in [-0.1, -0.05) is 42.5 Å². The van der Waals surface area contributed by atoms with Crippen LogP contribution < -0.4 is 21.5 Å². The molecule has 0 aliphatic carbocycles. The molecule has 0 aliphatic rings. The van der Waals surface area contributed by atoms with Gasteiger partial charge in [0, 0.05) is 14.1 Å². The Hall–Kier alpha value is -3.39. The highest BCUT2D eigenvalue weighted by molar-refractivity contribution is 5.86. The van der Waals surface area contributed by atoms with Gasteiger partial charge in [0.2, 0.25) is 5.95 Å². The minimum atomic E-state index is -0.383. The summed E-state index contributed by atoms with van der Waals surface area (Å²) in [6.07, 6.45) is 0. The van der Waals surface area contributed by atoms with Crippen LogP contribution in [-0.2, 0) is 20.6 Å². The Balaban J connectivity index is 1.91. The summed E-state index contributed by atoms with van der Waals surface area (Å²) >= 11 is 0. The molecule has 156 valence electrons. The number of hydrogen-bond acceptors (Lipinski definition) is 4. The van der Waals surface area contributed by atoms with Gasteiger partial charge in [-0.15, -0.1) is 0 Å². The summed E-state index contributed by atoms with van der Waals surface area (Å²) in [6, 6.07) is 14.3. The van der Waals surface area contributed by atoms with Gasteiger partial charge in [0.15, 0.2) is 11.2 Å². The van der Waals surface area contributed by atoms with Crippen LogP contribution in [0.25, 0.3) is 21.9 Å². The van der Waals surface area contributed by atoms with Crippen LogP contribution in [0.4, 0.5) is 5.95 Å². The number of hydrogen-bond donors (Lipinski definition) is 2. The Labute approximate surface area is 174 Å². The summed E-state index contributed by atoms with van der Waals surface area (Å²) in [5, 5.41) is 5.64. The van der Waals surface area contributed by atoms with Gasteiger partial charge in [0.05, 0.1) is 33.7 Å². The Kier molecular flexibility index (Phi) is 5.17. The van der Waals surface area contributed by atoms with E-state index in [2.05, 4.69) is 48.7 Å². The Bertz CT molecular complexity index is 1340. The molecular formula is C22H27N6O2+. The van der Waals surface area contributed by atoms with Crippen molar-refractivity contribution >= 4 is 27.9 Å². The van der Waals surface area contributed by atoms with Gasteiger partial charge < -0.3 is 10.2 Å². The average Bonchev–Trinajstić information content (AvgIpc) is 3.09. The average molecular weight is 407 g/mol. The van der Waals surface area contributed by atoms with Crippen LogP contribution in [0.15, 0.2) is 52.1 Å². The molecule has 0 amide bonds. The fourth-order valence-corrected chi connectivity index (χ4v) is 3.76. The molecule has 0 saturated heterocycles. The number of quaternary nitrogens is 1. The fourth-order valence-electron chi connectivity index (χ4n) is 3.76. The van der Waals surface area contributed by atoms with Crippen molar-refractivity contribution < 1.29 is 4.90 Å². The third-order valence-corrected chi connectivity index (χ3v) is 5.46. The van der Waals surface area contributed by atoms with Crippen LogP contribution in [0, 0.1) is 0 Å². The maximum atomic E-state index is 13.0. The van der Waals surface area contributed by atoms with Crippen molar-refractivity contribution in [2.75, 3.05) is 32.5 Å². The molecule has 0 aliphatic heterocycles. The van der Waals surface area contributed by atoms with E-state index in [4.69, 9.17) is 0 Å². The van der Waals surface area contributed by atoms with E-state index in [-0.39, 0.29) is 11.2 Å². The second-order valence-corrected chi connectivity index (χ2v) is 7.92. The molecule has 2 N–H and O–H groups in total. The monoisotopic (exact) mass is 407 g/mol. The Morgan fingerprint density at radius 3 is 2.50 bits per heavy atom. The molecule has 30 heavy (non-hydrogen) atoms. The summed E-state index contributed by atoms with van der Waals surface area (Å²) in [5.74, 6) is 0.595. The lowest BCUT2D eigenvalue weighted by atomic mass is 10.0. The van der Waals surface area contributed by atoms with E-state index < -0.39 is 0 Å². The first-order valence-electron chi connectivity index (χ1n) is 10.0. The Morgan fingerprint density at radius 1 is 1.00 bits per heavy atom. The van der Waals surface area contributed by atoms with Crippen molar-refractivity contribution in [3.8, 4) is 0 Å². The standard InChI is InChI=1S/C22H26N6O2/c1-25(2)13-12-23-21-24-19-18(20(29)27(4)22(30)26(19)3)28(21)14-16-10-7-9-15-8-5-6-11-17(15)16/h5-11H,12-14H2,1-4H3,(H,23,24)/p+1. The zero-order chi connectivity index (χ0) is 21.4. The van der Waals surface area contributed by atoms with E-state index in [9.17, 15) is 9.59 Å². The molecule has 0 bridgehead atoms. The first-order valence-corrected chi connectivity index (χ1v) is 10.0. The van der Waals surface area contributed by atoms with Gasteiger partial charge in [0.25, 0.3) is 5.56 Å². The second-order valence-electron chi connectivity index (χ2n) is 7.92. The predicted molar refractivity (Wildman–Crippen MR) is 119 cm³/mol. The lowest BCUT2D eigenvalue weighted by molar-refractivity contribution is -0.856. The van der Waals surface area contributed by atoms with Gasteiger partial charge in [-0.3, -0.25) is 18.5 Å². The van der Waals surface area contributed by atoms with E-state index in [1.165, 1.54) is 16.5 Å². The van der Waals surface area contributed by atoms with E-state index in [1.54, 1.807) is 7.05 Å². The van der Waals surface area contributed by atoms with Crippen molar-refractivity contribution in [2.45, 2.75) is 6.54 Å². The zero-order valence-corrected chi connectivity index (χ0v) is 17.8. The predicted octanol–water partition coefficient (Wildman–Crippen LogP) is 0.192. The normalized spacial score (nSPS) is 11.6. The summed E-state index contributed by atoms with van der Waals surface area (Å²) in [4.78, 5) is 31.4. The van der Waals surface area contributed by atoms with Gasteiger partial charge >= 0.3 is 5.69 Å². The number of aryl methyl sites for hydroxylation is 1. The van der Waals surface area contributed by atoms with Crippen molar-refractivity contribution in [2.24, 2.45) is 14.1 Å². The number of anilines is 1. The quantitative estimate of drug-likeness (QED) is 0.478. The van der Waals surface area contributed by atoms with Crippen LogP contribution in [0.5, 0.6) is 0 Å². The van der Waals surface area contributed by atoms with Crippen molar-refractivity contribution in [1.82, 2.24) is 18.7 Å². The van der Waals surface area contributed by atoms with E-state index in [1.807, 2.05) is 22.8 Å². The number of fused-ring (bicyclic) bond motifs is 2. The van der Waals surface area contributed by atoms with Crippen LogP contribution in [0.3, 0.4) is 0 Å². The van der Waals surface area contributed by atoms with E-state index in [0.717, 1.165) is 27.4 Å². The van der Waals surface area contributed by atoms with Gasteiger partial charge in [-0.05, 0) is 16.3 Å². The summed E-state index contributed by atoms with van der Waals surface area (Å²) < 4.78 is 4.46. The Morgan fingerprint density at radius 2 is 1.73 bits per heavy atom. The zero-order valence-electron chi connectivity index (χ0n) is 17.8. The van der Waals surface area contributed by atoms with E-state index >= 15 is 0 Å². The molecule has 8 nitrogen and oxygen atoms in total. The molecule has 2 heterocycles. The minimum Gasteiger partial charge on any atom is -0.350 e. The molecule has 0 fully saturated rings. The number of likely N-dealkylation sites (N-methyl/N-ethyl adjacent to an activating group) is 1. The third-order valence-electron chi connectivity index (χ3n) is 5.46. The topological polar surface area (TPSA) is 78.3 Å². The molecule has 0 saturated carbocycles. The molecule has 0 atom stereocenters. The molecule has 2 aromatic carbocycles. The first-order chi connectivity index (χ1) is 14.4. The number of benzene rings is 2. The smallest absolute Gasteiger partial charge is 0.332 e. The largest absolute Gasteiger partial charge is 0.350 e. The lowest BCUT2D eigenvalue weighted by Gasteiger charge is -2.13. The number of nitrogens with one attached hydrogen (secondary N) is 2. The summed E-state index contributed by atoms with van der Waals surface area (Å²) in [5.41, 5.74) is 1.18. The first kappa shape index (κ1) is 19.9. The second kappa shape index (κ2) is 7.79. The molecule has 2 aromatic heterocycles. The van der Waals surface area contributed by atoms with Crippen molar-refractivity contribution in [3.63, 3.8) is 0 Å². The summed E-state index contributed by atoms with van der Waals surface area (Å²) in [7, 11) is 7.31. The van der Waals surface area contributed by atoms with Gasteiger partial charge in [0.1, 0.15) is 0 Å². The number of nitrogens with zero attached hydrogens (tertiary/aromatic N) is 4. The maximum Gasteiger partial charge on any atom is 0.332 e. The van der Waals surface area contributed by atoms with Crippen LogP contribution in [-0.4, -0.2) is 45.9 Å². The lowest BCUT2D eigenvalue weighted by Crippen LogP contribution is -3.06. The van der Waals surface area contributed by atoms with Gasteiger partial charge in [-0.25, -0.2) is 4.79 Å². The molecule has 8 heteroatoms. The highest BCUT2D eigenvalue weighted by Crippen LogP contribution is 2.23. The van der Waals surface area contributed by atoms with E-state index in [0.29, 0.717) is 30.2 Å². The molecule has 4 rings (SSSR count).